The minimum absolute atomic E-state index is 0.0664. The Labute approximate surface area is 122 Å². The number of benzene rings is 1. The Bertz CT molecular complexity index is 639. The number of rotatable bonds is 3. The number of carbonyl (C=O) groups is 1. The Morgan fingerprint density at radius 3 is 2.60 bits per heavy atom. The number of hydrogen-bond acceptors (Lipinski definition) is 4. The molecule has 0 aliphatic carbocycles. The molecule has 3 nitrogen and oxygen atoms in total. The van der Waals surface area contributed by atoms with Gasteiger partial charge < -0.3 is 9.47 Å². The van der Waals surface area contributed by atoms with Crippen LogP contribution < -0.4 is 0 Å². The fourth-order valence-electron chi connectivity index (χ4n) is 2.33. The minimum Gasteiger partial charge on any atom is -0.345 e. The number of aryl methyl sites for hydroxylation is 2. The second-order valence-corrected chi connectivity index (χ2v) is 6.04. The van der Waals surface area contributed by atoms with E-state index in [1.165, 1.54) is 16.9 Å². The van der Waals surface area contributed by atoms with Crippen molar-refractivity contribution in [1.29, 1.82) is 0 Å². The average Bonchev–Trinajstić information content (AvgIpc) is 3.09. The molecule has 0 atom stereocenters. The zero-order chi connectivity index (χ0) is 14.1. The molecule has 0 bridgehead atoms. The Kier molecular flexibility index (Phi) is 3.70. The van der Waals surface area contributed by atoms with Gasteiger partial charge in [0.2, 0.25) is 5.78 Å². The smallest absolute Gasteiger partial charge is 0.203 e. The van der Waals surface area contributed by atoms with Gasteiger partial charge in [-0.1, -0.05) is 23.8 Å². The third-order valence-corrected chi connectivity index (χ3v) is 4.44. The van der Waals surface area contributed by atoms with E-state index in [1.807, 2.05) is 44.2 Å². The van der Waals surface area contributed by atoms with Gasteiger partial charge in [0.1, 0.15) is 0 Å². The van der Waals surface area contributed by atoms with Crippen LogP contribution in [0.4, 0.5) is 0 Å². The fourth-order valence-corrected chi connectivity index (χ4v) is 3.29. The van der Waals surface area contributed by atoms with Crippen LogP contribution in [0.15, 0.2) is 30.3 Å². The second-order valence-electron chi connectivity index (χ2n) is 4.92. The van der Waals surface area contributed by atoms with Crippen LogP contribution in [0, 0.1) is 13.8 Å². The van der Waals surface area contributed by atoms with Crippen LogP contribution in [0.1, 0.15) is 37.5 Å². The van der Waals surface area contributed by atoms with Crippen molar-refractivity contribution in [3.63, 3.8) is 0 Å². The maximum atomic E-state index is 12.5. The van der Waals surface area contributed by atoms with Crippen LogP contribution in [-0.2, 0) is 9.47 Å². The minimum atomic E-state index is -0.305. The summed E-state index contributed by atoms with van der Waals surface area (Å²) in [7, 11) is 0. The molecule has 1 fully saturated rings. The Balaban J connectivity index is 1.86. The summed E-state index contributed by atoms with van der Waals surface area (Å²) < 4.78 is 10.9. The van der Waals surface area contributed by atoms with Gasteiger partial charge in [-0.2, -0.15) is 0 Å². The molecule has 0 unspecified atom stereocenters. The largest absolute Gasteiger partial charge is 0.345 e. The standard InChI is InChI=1S/C16H16O3S/c1-10-3-4-12(11(2)9-10)15(17)13-5-6-14(20-13)16-18-7-8-19-16/h3-6,9,16H,7-8H2,1-2H3. The van der Waals surface area contributed by atoms with Gasteiger partial charge >= 0.3 is 0 Å². The van der Waals surface area contributed by atoms with Gasteiger partial charge in [-0.3, -0.25) is 4.79 Å². The van der Waals surface area contributed by atoms with Crippen LogP contribution in [0.25, 0.3) is 0 Å². The van der Waals surface area contributed by atoms with Crippen molar-refractivity contribution in [2.24, 2.45) is 0 Å². The lowest BCUT2D eigenvalue weighted by Gasteiger charge is -2.06. The molecule has 2 heterocycles. The summed E-state index contributed by atoms with van der Waals surface area (Å²) in [5.41, 5.74) is 2.94. The first kappa shape index (κ1) is 13.5. The van der Waals surface area contributed by atoms with Gasteiger partial charge in [0.05, 0.1) is 23.0 Å². The molecule has 0 N–H and O–H groups in total. The zero-order valence-electron chi connectivity index (χ0n) is 11.5. The van der Waals surface area contributed by atoms with Gasteiger partial charge in [-0.15, -0.1) is 11.3 Å². The average molecular weight is 288 g/mol. The topological polar surface area (TPSA) is 35.5 Å². The van der Waals surface area contributed by atoms with Gasteiger partial charge in [0, 0.05) is 5.56 Å². The summed E-state index contributed by atoms with van der Waals surface area (Å²) >= 11 is 1.45. The first-order valence-electron chi connectivity index (χ1n) is 6.60. The van der Waals surface area contributed by atoms with Gasteiger partial charge in [-0.05, 0) is 31.5 Å². The Morgan fingerprint density at radius 2 is 1.90 bits per heavy atom. The summed E-state index contributed by atoms with van der Waals surface area (Å²) in [6.07, 6.45) is -0.305. The predicted molar refractivity (Wildman–Crippen MR) is 78.3 cm³/mol. The van der Waals surface area contributed by atoms with Gasteiger partial charge in [-0.25, -0.2) is 0 Å². The monoisotopic (exact) mass is 288 g/mol. The lowest BCUT2D eigenvalue weighted by atomic mass is 10.0. The third-order valence-electron chi connectivity index (χ3n) is 3.33. The van der Waals surface area contributed by atoms with Crippen LogP contribution in [0.5, 0.6) is 0 Å². The van der Waals surface area contributed by atoms with Gasteiger partial charge in [0.25, 0.3) is 0 Å². The maximum Gasteiger partial charge on any atom is 0.203 e. The van der Waals surface area contributed by atoms with E-state index in [0.29, 0.717) is 13.2 Å². The highest BCUT2D eigenvalue weighted by Gasteiger charge is 2.22. The van der Waals surface area contributed by atoms with Crippen molar-refractivity contribution < 1.29 is 14.3 Å². The molecule has 104 valence electrons. The van der Waals surface area contributed by atoms with Crippen molar-refractivity contribution in [3.05, 3.63) is 56.8 Å². The number of hydrogen-bond donors (Lipinski definition) is 0. The molecule has 1 aliphatic heterocycles. The van der Waals surface area contributed by atoms with Crippen LogP contribution in [0.3, 0.4) is 0 Å². The highest BCUT2D eigenvalue weighted by molar-refractivity contribution is 7.14. The first-order chi connectivity index (χ1) is 9.65. The van der Waals surface area contributed by atoms with Crippen LogP contribution in [-0.4, -0.2) is 19.0 Å². The molecule has 2 aromatic rings. The van der Waals surface area contributed by atoms with E-state index in [1.54, 1.807) is 0 Å². The highest BCUT2D eigenvalue weighted by Crippen LogP contribution is 2.31. The van der Waals surface area contributed by atoms with E-state index in [4.69, 9.17) is 9.47 Å². The molecular formula is C16H16O3S. The number of carbonyl (C=O) groups excluding carboxylic acids is 1. The van der Waals surface area contributed by atoms with E-state index < -0.39 is 0 Å². The van der Waals surface area contributed by atoms with Gasteiger partial charge in [0.15, 0.2) is 6.29 Å². The molecule has 0 radical (unpaired) electrons. The fraction of sp³-hybridized carbons (Fsp3) is 0.312. The quantitative estimate of drug-likeness (QED) is 0.809. The van der Waals surface area contributed by atoms with E-state index >= 15 is 0 Å². The van der Waals surface area contributed by atoms with Crippen LogP contribution >= 0.6 is 11.3 Å². The lowest BCUT2D eigenvalue weighted by Crippen LogP contribution is -2.01. The molecule has 3 rings (SSSR count). The summed E-state index contributed by atoms with van der Waals surface area (Å²) in [6, 6.07) is 9.67. The first-order valence-corrected chi connectivity index (χ1v) is 7.42. The molecule has 1 aromatic carbocycles. The zero-order valence-corrected chi connectivity index (χ0v) is 12.3. The van der Waals surface area contributed by atoms with E-state index in [0.717, 1.165) is 20.9 Å². The molecule has 1 aromatic heterocycles. The summed E-state index contributed by atoms with van der Waals surface area (Å²) in [5, 5.41) is 0. The maximum absolute atomic E-state index is 12.5. The van der Waals surface area contributed by atoms with Crippen molar-refractivity contribution in [2.75, 3.05) is 13.2 Å². The van der Waals surface area contributed by atoms with E-state index in [2.05, 4.69) is 0 Å². The Hall–Kier alpha value is -1.49. The summed E-state index contributed by atoms with van der Waals surface area (Å²) in [4.78, 5) is 14.2. The Morgan fingerprint density at radius 1 is 1.15 bits per heavy atom. The van der Waals surface area contributed by atoms with Crippen molar-refractivity contribution >= 4 is 17.1 Å². The molecule has 0 saturated carbocycles. The SMILES string of the molecule is Cc1ccc(C(=O)c2ccc(C3OCCO3)s2)c(C)c1. The molecule has 4 heteroatoms. The molecular weight excluding hydrogens is 272 g/mol. The van der Waals surface area contributed by atoms with Crippen molar-refractivity contribution in [2.45, 2.75) is 20.1 Å². The summed E-state index contributed by atoms with van der Waals surface area (Å²) in [6.45, 7) is 5.23. The van der Waals surface area contributed by atoms with Crippen LogP contribution in [0.2, 0.25) is 0 Å². The predicted octanol–water partition coefficient (Wildman–Crippen LogP) is 3.64. The molecule has 1 saturated heterocycles. The molecule has 1 aliphatic rings. The van der Waals surface area contributed by atoms with Crippen molar-refractivity contribution in [1.82, 2.24) is 0 Å². The summed E-state index contributed by atoms with van der Waals surface area (Å²) in [5.74, 6) is 0.0664. The number of ketones is 1. The lowest BCUT2D eigenvalue weighted by molar-refractivity contribution is -0.0413. The van der Waals surface area contributed by atoms with Crippen molar-refractivity contribution in [3.8, 4) is 0 Å². The molecule has 0 spiro atoms. The highest BCUT2D eigenvalue weighted by atomic mass is 32.1. The number of ether oxygens (including phenoxy) is 2. The third kappa shape index (κ3) is 2.54. The molecule has 20 heavy (non-hydrogen) atoms. The van der Waals surface area contributed by atoms with E-state index in [9.17, 15) is 4.79 Å². The second kappa shape index (κ2) is 5.48. The molecule has 0 amide bonds. The van der Waals surface area contributed by atoms with E-state index in [-0.39, 0.29) is 12.1 Å². The number of thiophene rings is 1. The normalized spacial score (nSPS) is 15.7.